The van der Waals surface area contributed by atoms with E-state index >= 15 is 0 Å². The summed E-state index contributed by atoms with van der Waals surface area (Å²) in [5.41, 5.74) is 1.82. The molecule has 0 bridgehead atoms. The van der Waals surface area contributed by atoms with Crippen LogP contribution in [0.3, 0.4) is 0 Å². The van der Waals surface area contributed by atoms with Crippen molar-refractivity contribution in [2.45, 2.75) is 12.8 Å². The Morgan fingerprint density at radius 3 is 2.70 bits per heavy atom. The summed E-state index contributed by atoms with van der Waals surface area (Å²) >= 11 is 12.4. The highest BCUT2D eigenvalue weighted by molar-refractivity contribution is 6.42. The maximum atomic E-state index is 12.3. The number of nitriles is 1. The van der Waals surface area contributed by atoms with E-state index in [9.17, 15) is 10.1 Å². The van der Waals surface area contributed by atoms with Crippen LogP contribution in [0.25, 0.3) is 0 Å². The number of hydrogen-bond donors (Lipinski definition) is 2. The first-order valence-corrected chi connectivity index (χ1v) is 7.53. The number of hydrogen-bond acceptors (Lipinski definition) is 5. The van der Waals surface area contributed by atoms with Crippen molar-refractivity contribution in [1.82, 2.24) is 10.6 Å². The Balaban J connectivity index is 2.76. The predicted molar refractivity (Wildman–Crippen MR) is 88.8 cm³/mol. The van der Waals surface area contributed by atoms with Gasteiger partial charge >= 0.3 is 5.97 Å². The number of halogens is 2. The van der Waals surface area contributed by atoms with Gasteiger partial charge in [-0.05, 0) is 18.6 Å². The summed E-state index contributed by atoms with van der Waals surface area (Å²) < 4.78 is 4.88. The molecule has 0 radical (unpaired) electrons. The maximum absolute atomic E-state index is 12.3. The quantitative estimate of drug-likeness (QED) is 0.818. The molecule has 1 aliphatic heterocycles. The minimum Gasteiger partial charge on any atom is -0.466 e. The molecule has 7 heteroatoms. The Labute approximate surface area is 144 Å². The van der Waals surface area contributed by atoms with Crippen LogP contribution >= 0.6 is 23.2 Å². The minimum absolute atomic E-state index is 0.304. The van der Waals surface area contributed by atoms with Gasteiger partial charge in [-0.3, -0.25) is 0 Å². The molecule has 1 aliphatic rings. The number of carbonyl (C=O) groups is 1. The van der Waals surface area contributed by atoms with Crippen LogP contribution in [0.1, 0.15) is 18.4 Å². The molecule has 0 spiro atoms. The third-order valence-corrected chi connectivity index (χ3v) is 4.46. The molecule has 1 unspecified atom stereocenters. The maximum Gasteiger partial charge on any atom is 0.336 e. The highest BCUT2D eigenvalue weighted by Gasteiger charge is 2.36. The van der Waals surface area contributed by atoms with Gasteiger partial charge in [0.25, 0.3) is 0 Å². The second kappa shape index (κ2) is 6.95. The third kappa shape index (κ3) is 3.00. The van der Waals surface area contributed by atoms with E-state index in [1.165, 1.54) is 7.11 Å². The lowest BCUT2D eigenvalue weighted by Crippen LogP contribution is -2.34. The van der Waals surface area contributed by atoms with Gasteiger partial charge in [-0.1, -0.05) is 35.3 Å². The first-order chi connectivity index (χ1) is 11.0. The fourth-order valence-electron chi connectivity index (χ4n) is 2.58. The zero-order chi connectivity index (χ0) is 17.1. The molecule has 5 nitrogen and oxygen atoms in total. The van der Waals surface area contributed by atoms with Gasteiger partial charge in [0.05, 0.1) is 40.3 Å². The number of rotatable bonds is 3. The largest absolute Gasteiger partial charge is 0.466 e. The molecule has 2 rings (SSSR count). The monoisotopic (exact) mass is 351 g/mol. The van der Waals surface area contributed by atoms with Gasteiger partial charge < -0.3 is 15.4 Å². The number of nitrogens with one attached hydrogen (secondary N) is 2. The lowest BCUT2D eigenvalue weighted by Gasteiger charge is -2.29. The van der Waals surface area contributed by atoms with E-state index in [2.05, 4.69) is 16.7 Å². The van der Waals surface area contributed by atoms with E-state index in [1.54, 1.807) is 32.2 Å². The van der Waals surface area contributed by atoms with Gasteiger partial charge in [-0.25, -0.2) is 4.79 Å². The molecule has 120 valence electrons. The molecule has 0 amide bonds. The Bertz CT molecular complexity index is 763. The summed E-state index contributed by atoms with van der Waals surface area (Å²) in [6.07, 6.45) is 0. The molecular weight excluding hydrogens is 337 g/mol. The van der Waals surface area contributed by atoms with Crippen molar-refractivity contribution in [1.29, 1.82) is 5.26 Å². The second-order valence-corrected chi connectivity index (χ2v) is 5.67. The van der Waals surface area contributed by atoms with Crippen LogP contribution in [0.5, 0.6) is 0 Å². The number of ether oxygens (including phenoxy) is 1. The summed E-state index contributed by atoms with van der Waals surface area (Å²) in [5.74, 6) is -0.681. The molecule has 1 atom stereocenters. The van der Waals surface area contributed by atoms with E-state index in [-0.39, 0.29) is 0 Å². The van der Waals surface area contributed by atoms with Crippen LogP contribution in [0.2, 0.25) is 10.0 Å². The fourth-order valence-corrected chi connectivity index (χ4v) is 3.00. The lowest BCUT2D eigenvalue weighted by atomic mass is 9.82. The van der Waals surface area contributed by atoms with Gasteiger partial charge in [0, 0.05) is 12.7 Å². The molecule has 0 fully saturated rings. The number of esters is 1. The summed E-state index contributed by atoms with van der Waals surface area (Å²) in [4.78, 5) is 12.3. The smallest absolute Gasteiger partial charge is 0.336 e. The van der Waals surface area contributed by atoms with Crippen LogP contribution in [-0.2, 0) is 9.53 Å². The van der Waals surface area contributed by atoms with Crippen molar-refractivity contribution in [2.75, 3.05) is 14.2 Å². The Hall–Kier alpha value is -2.16. The van der Waals surface area contributed by atoms with Crippen molar-refractivity contribution in [3.05, 3.63) is 56.5 Å². The number of allylic oxidation sites excluding steroid dienone is 2. The Morgan fingerprint density at radius 2 is 2.13 bits per heavy atom. The van der Waals surface area contributed by atoms with Crippen LogP contribution < -0.4 is 10.6 Å². The van der Waals surface area contributed by atoms with Crippen molar-refractivity contribution < 1.29 is 9.53 Å². The predicted octanol–water partition coefficient (Wildman–Crippen LogP) is 3.08. The Kier molecular flexibility index (Phi) is 5.19. The van der Waals surface area contributed by atoms with E-state index in [1.807, 2.05) is 0 Å². The summed E-state index contributed by atoms with van der Waals surface area (Å²) in [6.45, 7) is 1.74. The average molecular weight is 352 g/mol. The molecule has 1 heterocycles. The number of carbonyl (C=O) groups excluding carboxylic acids is 1. The molecule has 0 saturated heterocycles. The number of methoxy groups -OCH3 is 1. The normalized spacial score (nSPS) is 17.5. The molecule has 1 aromatic rings. The zero-order valence-electron chi connectivity index (χ0n) is 12.8. The van der Waals surface area contributed by atoms with Crippen LogP contribution in [0.4, 0.5) is 0 Å². The summed E-state index contributed by atoms with van der Waals surface area (Å²) in [5, 5.41) is 16.2. The number of benzene rings is 1. The zero-order valence-corrected chi connectivity index (χ0v) is 14.3. The Morgan fingerprint density at radius 1 is 1.43 bits per heavy atom. The molecule has 23 heavy (non-hydrogen) atoms. The molecule has 2 N–H and O–H groups in total. The van der Waals surface area contributed by atoms with Gasteiger partial charge in [0.1, 0.15) is 5.82 Å². The fraction of sp³-hybridized carbons (Fsp3) is 0.250. The van der Waals surface area contributed by atoms with Crippen LogP contribution in [0.15, 0.2) is 40.9 Å². The van der Waals surface area contributed by atoms with E-state index < -0.39 is 11.9 Å². The van der Waals surface area contributed by atoms with Gasteiger partial charge in [0.15, 0.2) is 0 Å². The van der Waals surface area contributed by atoms with Crippen molar-refractivity contribution >= 4 is 29.2 Å². The van der Waals surface area contributed by atoms with Crippen molar-refractivity contribution in [3.8, 4) is 6.07 Å². The second-order valence-electron chi connectivity index (χ2n) is 4.88. The first-order valence-electron chi connectivity index (χ1n) is 6.78. The number of nitrogens with zero attached hydrogens (tertiary/aromatic N) is 1. The van der Waals surface area contributed by atoms with Gasteiger partial charge in [-0.2, -0.15) is 5.26 Å². The standard InChI is InChI=1S/C16H15Cl2N3O2/c1-8-12(16(22)23-3)13(10(7-19)15(20-2)21-8)9-5-4-6-11(17)14(9)18/h4-6,13,20-21H,1-3H3. The molecule has 0 aliphatic carbocycles. The average Bonchev–Trinajstić information content (AvgIpc) is 2.55. The molecular formula is C16H15Cl2N3O2. The van der Waals surface area contributed by atoms with Gasteiger partial charge in [-0.15, -0.1) is 0 Å². The third-order valence-electron chi connectivity index (χ3n) is 3.63. The first kappa shape index (κ1) is 17.2. The topological polar surface area (TPSA) is 74.2 Å². The summed E-state index contributed by atoms with van der Waals surface area (Å²) in [6, 6.07) is 7.26. The van der Waals surface area contributed by atoms with Crippen LogP contribution in [-0.4, -0.2) is 20.1 Å². The van der Waals surface area contributed by atoms with E-state index in [0.29, 0.717) is 38.3 Å². The SMILES string of the molecule is CNC1=C(C#N)C(c2cccc(Cl)c2Cl)C(C(=O)OC)=C(C)N1. The van der Waals surface area contributed by atoms with E-state index in [0.717, 1.165) is 0 Å². The minimum atomic E-state index is -0.664. The van der Waals surface area contributed by atoms with Crippen molar-refractivity contribution in [3.63, 3.8) is 0 Å². The molecule has 0 saturated carbocycles. The lowest BCUT2D eigenvalue weighted by molar-refractivity contribution is -0.136. The van der Waals surface area contributed by atoms with Crippen molar-refractivity contribution in [2.24, 2.45) is 0 Å². The molecule has 1 aromatic carbocycles. The highest BCUT2D eigenvalue weighted by atomic mass is 35.5. The van der Waals surface area contributed by atoms with Gasteiger partial charge in [0.2, 0.25) is 0 Å². The number of dihydropyridines is 1. The highest BCUT2D eigenvalue weighted by Crippen LogP contribution is 2.42. The van der Waals surface area contributed by atoms with Crippen LogP contribution in [0, 0.1) is 11.3 Å². The van der Waals surface area contributed by atoms with E-state index in [4.69, 9.17) is 27.9 Å². The summed E-state index contributed by atoms with van der Waals surface area (Å²) in [7, 11) is 2.98. The molecule has 0 aromatic heterocycles.